The predicted molar refractivity (Wildman–Crippen MR) is 99.6 cm³/mol. The topological polar surface area (TPSA) is 71.1 Å². The van der Waals surface area contributed by atoms with Crippen LogP contribution in [0.4, 0.5) is 0 Å². The summed E-state index contributed by atoms with van der Waals surface area (Å²) in [5, 5.41) is 7.28. The van der Waals surface area contributed by atoms with Crippen molar-refractivity contribution in [1.29, 1.82) is 0 Å². The fraction of sp³-hybridized carbons (Fsp3) is 0.250. The minimum Gasteiger partial charge on any atom is -0.383 e. The molecule has 6 heteroatoms. The van der Waals surface area contributed by atoms with Crippen molar-refractivity contribution in [3.63, 3.8) is 0 Å². The van der Waals surface area contributed by atoms with E-state index >= 15 is 0 Å². The first-order chi connectivity index (χ1) is 12.7. The van der Waals surface area contributed by atoms with Crippen LogP contribution in [0.1, 0.15) is 21.6 Å². The Morgan fingerprint density at radius 2 is 1.88 bits per heavy atom. The van der Waals surface area contributed by atoms with Crippen LogP contribution in [0.5, 0.6) is 0 Å². The molecule has 1 amide bonds. The molecule has 3 rings (SSSR count). The van der Waals surface area contributed by atoms with Gasteiger partial charge in [-0.1, -0.05) is 30.3 Å². The lowest BCUT2D eigenvalue weighted by molar-refractivity contribution is 0.0674. The zero-order valence-corrected chi connectivity index (χ0v) is 15.0. The third-order valence-corrected chi connectivity index (χ3v) is 4.25. The lowest BCUT2D eigenvalue weighted by Crippen LogP contribution is -2.34. The van der Waals surface area contributed by atoms with Gasteiger partial charge in [-0.3, -0.25) is 14.9 Å². The Labute approximate surface area is 152 Å². The number of benzene rings is 1. The van der Waals surface area contributed by atoms with E-state index in [-0.39, 0.29) is 5.91 Å². The number of methoxy groups -OCH3 is 1. The number of carbonyl (C=O) groups is 1. The van der Waals surface area contributed by atoms with Crippen LogP contribution >= 0.6 is 0 Å². The third-order valence-electron chi connectivity index (χ3n) is 4.25. The van der Waals surface area contributed by atoms with Crippen molar-refractivity contribution in [3.8, 4) is 11.3 Å². The average molecular weight is 350 g/mol. The second-order valence-electron chi connectivity index (χ2n) is 6.01. The lowest BCUT2D eigenvalue weighted by atomic mass is 10.1. The number of nitrogens with one attached hydrogen (secondary N) is 1. The largest absolute Gasteiger partial charge is 0.383 e. The molecule has 0 aliphatic heterocycles. The highest BCUT2D eigenvalue weighted by molar-refractivity contribution is 5.95. The van der Waals surface area contributed by atoms with Gasteiger partial charge >= 0.3 is 0 Å². The molecule has 0 unspecified atom stereocenters. The van der Waals surface area contributed by atoms with Crippen molar-refractivity contribution in [2.24, 2.45) is 0 Å². The maximum absolute atomic E-state index is 13.1. The molecule has 1 N–H and O–H groups in total. The van der Waals surface area contributed by atoms with E-state index in [4.69, 9.17) is 4.74 Å². The first-order valence-corrected chi connectivity index (χ1v) is 8.48. The van der Waals surface area contributed by atoms with Crippen molar-refractivity contribution in [2.45, 2.75) is 13.5 Å². The average Bonchev–Trinajstić information content (AvgIpc) is 3.07. The summed E-state index contributed by atoms with van der Waals surface area (Å²) in [7, 11) is 1.63. The van der Waals surface area contributed by atoms with Gasteiger partial charge in [-0.15, -0.1) is 0 Å². The summed E-state index contributed by atoms with van der Waals surface area (Å²) in [6.07, 6.45) is 3.45. The van der Waals surface area contributed by atoms with E-state index in [9.17, 15) is 4.79 Å². The quantitative estimate of drug-likeness (QED) is 0.711. The van der Waals surface area contributed by atoms with E-state index in [0.717, 1.165) is 22.4 Å². The van der Waals surface area contributed by atoms with Crippen LogP contribution in [-0.2, 0) is 11.3 Å². The summed E-state index contributed by atoms with van der Waals surface area (Å²) in [5.74, 6) is -0.0916. The molecule has 2 heterocycles. The van der Waals surface area contributed by atoms with Crippen LogP contribution in [0, 0.1) is 6.92 Å². The normalized spacial score (nSPS) is 10.7. The maximum atomic E-state index is 13.1. The molecule has 0 atom stereocenters. The number of rotatable bonds is 7. The second kappa shape index (κ2) is 8.40. The van der Waals surface area contributed by atoms with E-state index in [0.29, 0.717) is 25.4 Å². The van der Waals surface area contributed by atoms with Gasteiger partial charge < -0.3 is 9.64 Å². The van der Waals surface area contributed by atoms with Gasteiger partial charge in [-0.2, -0.15) is 5.10 Å². The van der Waals surface area contributed by atoms with Gasteiger partial charge in [0.05, 0.1) is 12.3 Å². The lowest BCUT2D eigenvalue weighted by Gasteiger charge is -2.22. The Morgan fingerprint density at radius 3 is 2.58 bits per heavy atom. The Morgan fingerprint density at radius 1 is 1.15 bits per heavy atom. The van der Waals surface area contributed by atoms with E-state index in [2.05, 4.69) is 15.2 Å². The van der Waals surface area contributed by atoms with Crippen LogP contribution in [-0.4, -0.2) is 46.2 Å². The number of aromatic nitrogens is 3. The molecule has 0 saturated carbocycles. The molecule has 134 valence electrons. The molecule has 0 fully saturated rings. The number of amides is 1. The Hall–Kier alpha value is -2.99. The van der Waals surface area contributed by atoms with Gasteiger partial charge in [0.15, 0.2) is 0 Å². The Bertz CT molecular complexity index is 847. The zero-order chi connectivity index (χ0) is 18.4. The molecule has 3 aromatic rings. The van der Waals surface area contributed by atoms with Crippen LogP contribution in [0.15, 0.2) is 54.9 Å². The number of hydrogen-bond acceptors (Lipinski definition) is 4. The first kappa shape index (κ1) is 17.8. The maximum Gasteiger partial charge on any atom is 0.272 e. The SMILES string of the molecule is COCCN(Cc1ccncc1)C(=O)c1[nH]nc(-c2ccccc2)c1C. The monoisotopic (exact) mass is 350 g/mol. The van der Waals surface area contributed by atoms with Gasteiger partial charge in [-0.05, 0) is 24.6 Å². The molecule has 26 heavy (non-hydrogen) atoms. The summed E-state index contributed by atoms with van der Waals surface area (Å²) < 4.78 is 5.17. The second-order valence-corrected chi connectivity index (χ2v) is 6.01. The number of ether oxygens (including phenoxy) is 1. The molecule has 1 aromatic carbocycles. The van der Waals surface area contributed by atoms with Crippen molar-refractivity contribution < 1.29 is 9.53 Å². The molecule has 0 saturated heterocycles. The molecule has 0 radical (unpaired) electrons. The van der Waals surface area contributed by atoms with E-state index < -0.39 is 0 Å². The molecule has 0 aliphatic carbocycles. The highest BCUT2D eigenvalue weighted by Crippen LogP contribution is 2.23. The Balaban J connectivity index is 1.86. The number of nitrogens with zero attached hydrogens (tertiary/aromatic N) is 3. The molecule has 6 nitrogen and oxygen atoms in total. The van der Waals surface area contributed by atoms with Crippen LogP contribution < -0.4 is 0 Å². The molecular formula is C20H22N4O2. The highest BCUT2D eigenvalue weighted by atomic mass is 16.5. The van der Waals surface area contributed by atoms with Crippen molar-refractivity contribution in [2.75, 3.05) is 20.3 Å². The standard InChI is InChI=1S/C20H22N4O2/c1-15-18(17-6-4-3-5-7-17)22-23-19(15)20(25)24(12-13-26-2)14-16-8-10-21-11-9-16/h3-11H,12-14H2,1-2H3,(H,22,23). The summed E-state index contributed by atoms with van der Waals surface area (Å²) in [6.45, 7) is 3.37. The number of pyridine rings is 1. The molecule has 0 aliphatic rings. The number of hydrogen-bond donors (Lipinski definition) is 1. The minimum absolute atomic E-state index is 0.0916. The van der Waals surface area contributed by atoms with Gasteiger partial charge in [0.25, 0.3) is 5.91 Å². The van der Waals surface area contributed by atoms with Gasteiger partial charge in [0.1, 0.15) is 5.69 Å². The summed E-state index contributed by atoms with van der Waals surface area (Å²) in [5.41, 5.74) is 4.15. The van der Waals surface area contributed by atoms with Gasteiger partial charge in [0.2, 0.25) is 0 Å². The first-order valence-electron chi connectivity index (χ1n) is 8.48. The van der Waals surface area contributed by atoms with Crippen molar-refractivity contribution in [3.05, 3.63) is 71.7 Å². The summed E-state index contributed by atoms with van der Waals surface area (Å²) >= 11 is 0. The highest BCUT2D eigenvalue weighted by Gasteiger charge is 2.22. The van der Waals surface area contributed by atoms with E-state index in [1.165, 1.54) is 0 Å². The fourth-order valence-corrected chi connectivity index (χ4v) is 2.80. The number of H-pyrrole nitrogens is 1. The zero-order valence-electron chi connectivity index (χ0n) is 15.0. The molecule has 0 spiro atoms. The summed E-state index contributed by atoms with van der Waals surface area (Å²) in [6, 6.07) is 13.6. The van der Waals surface area contributed by atoms with Crippen LogP contribution in [0.2, 0.25) is 0 Å². The molecule has 0 bridgehead atoms. The smallest absolute Gasteiger partial charge is 0.272 e. The summed E-state index contributed by atoms with van der Waals surface area (Å²) in [4.78, 5) is 18.9. The van der Waals surface area contributed by atoms with Crippen molar-refractivity contribution >= 4 is 5.91 Å². The predicted octanol–water partition coefficient (Wildman–Crippen LogP) is 3.07. The van der Waals surface area contributed by atoms with Crippen LogP contribution in [0.3, 0.4) is 0 Å². The van der Waals surface area contributed by atoms with Crippen molar-refractivity contribution in [1.82, 2.24) is 20.1 Å². The van der Waals surface area contributed by atoms with E-state index in [1.807, 2.05) is 49.4 Å². The minimum atomic E-state index is -0.0916. The fourth-order valence-electron chi connectivity index (χ4n) is 2.80. The van der Waals surface area contributed by atoms with Crippen LogP contribution in [0.25, 0.3) is 11.3 Å². The van der Waals surface area contributed by atoms with Gasteiger partial charge in [-0.25, -0.2) is 0 Å². The number of aromatic amines is 1. The number of carbonyl (C=O) groups excluding carboxylic acids is 1. The molecule has 2 aromatic heterocycles. The molecular weight excluding hydrogens is 328 g/mol. The van der Waals surface area contributed by atoms with Gasteiger partial charge in [0, 0.05) is 43.7 Å². The Kier molecular flexibility index (Phi) is 5.76. The third kappa shape index (κ3) is 3.97. The van der Waals surface area contributed by atoms with E-state index in [1.54, 1.807) is 24.4 Å².